The van der Waals surface area contributed by atoms with Gasteiger partial charge in [-0.25, -0.2) is 8.78 Å². The average molecular weight is 227 g/mol. The summed E-state index contributed by atoms with van der Waals surface area (Å²) in [5.41, 5.74) is 0.502. The Morgan fingerprint density at radius 2 is 2.06 bits per heavy atom. The summed E-state index contributed by atoms with van der Waals surface area (Å²) in [5.74, 6) is -1.83. The van der Waals surface area contributed by atoms with Crippen LogP contribution in [0, 0.1) is 11.6 Å². The van der Waals surface area contributed by atoms with E-state index in [9.17, 15) is 13.6 Å². The van der Waals surface area contributed by atoms with Crippen molar-refractivity contribution in [3.63, 3.8) is 0 Å². The van der Waals surface area contributed by atoms with Gasteiger partial charge in [-0.2, -0.15) is 0 Å². The molecular weight excluding hydrogens is 212 g/mol. The molecule has 0 unspecified atom stereocenters. The second-order valence-electron chi connectivity index (χ2n) is 3.64. The number of carbonyl (C=O) groups excluding carboxylic acids is 1. The van der Waals surface area contributed by atoms with Crippen molar-refractivity contribution < 1.29 is 13.6 Å². The van der Waals surface area contributed by atoms with Crippen molar-refractivity contribution in [2.45, 2.75) is 19.8 Å². The van der Waals surface area contributed by atoms with Crippen molar-refractivity contribution >= 4 is 5.78 Å². The van der Waals surface area contributed by atoms with Gasteiger partial charge in [0.1, 0.15) is 0 Å². The summed E-state index contributed by atoms with van der Waals surface area (Å²) in [6.07, 6.45) is 1.09. The first-order chi connectivity index (χ1) is 7.63. The zero-order chi connectivity index (χ0) is 12.0. The molecule has 1 aromatic rings. The number of rotatable bonds is 6. The molecule has 0 heterocycles. The Balaban J connectivity index is 2.46. The lowest BCUT2D eigenvalue weighted by Crippen LogP contribution is -2.24. The zero-order valence-electron chi connectivity index (χ0n) is 9.22. The minimum absolute atomic E-state index is 0.0283. The lowest BCUT2D eigenvalue weighted by molar-refractivity contribution is -0.117. The first-order valence-electron chi connectivity index (χ1n) is 5.29. The number of hydrogen-bond donors (Lipinski definition) is 1. The Kier molecular flexibility index (Phi) is 5.05. The quantitative estimate of drug-likeness (QED) is 0.754. The predicted molar refractivity (Wildman–Crippen MR) is 58.2 cm³/mol. The normalized spacial score (nSPS) is 10.4. The Hall–Kier alpha value is -1.29. The van der Waals surface area contributed by atoms with Crippen LogP contribution in [0.25, 0.3) is 0 Å². The van der Waals surface area contributed by atoms with Gasteiger partial charge in [-0.15, -0.1) is 0 Å². The maximum absolute atomic E-state index is 12.8. The molecule has 0 aliphatic heterocycles. The number of hydrogen-bond acceptors (Lipinski definition) is 2. The molecule has 0 saturated heterocycles. The Bertz CT molecular complexity index is 366. The van der Waals surface area contributed by atoms with Crippen LogP contribution >= 0.6 is 0 Å². The largest absolute Gasteiger partial charge is 0.310 e. The fraction of sp³-hybridized carbons (Fsp3) is 0.417. The molecule has 16 heavy (non-hydrogen) atoms. The molecular formula is C12H15F2NO. The summed E-state index contributed by atoms with van der Waals surface area (Å²) in [4.78, 5) is 11.4. The van der Waals surface area contributed by atoms with Crippen LogP contribution < -0.4 is 5.32 Å². The molecule has 2 nitrogen and oxygen atoms in total. The van der Waals surface area contributed by atoms with E-state index in [1.54, 1.807) is 0 Å². The highest BCUT2D eigenvalue weighted by Crippen LogP contribution is 2.09. The average Bonchev–Trinajstić information content (AvgIpc) is 2.24. The number of nitrogens with one attached hydrogen (secondary N) is 1. The standard InChI is InChI=1S/C12H15F2NO/c1-2-5-15-8-10(16)6-9-3-4-11(13)12(14)7-9/h3-4,7,15H,2,5-6,8H2,1H3. The molecule has 0 aliphatic carbocycles. The summed E-state index contributed by atoms with van der Waals surface area (Å²) in [6, 6.07) is 3.53. The minimum Gasteiger partial charge on any atom is -0.310 e. The molecule has 0 saturated carbocycles. The van der Waals surface area contributed by atoms with Crippen LogP contribution in [0.15, 0.2) is 18.2 Å². The van der Waals surface area contributed by atoms with Crippen molar-refractivity contribution in [1.82, 2.24) is 5.32 Å². The van der Waals surface area contributed by atoms with Gasteiger partial charge in [0, 0.05) is 6.42 Å². The Labute approximate surface area is 93.7 Å². The van der Waals surface area contributed by atoms with Crippen LogP contribution in [0.1, 0.15) is 18.9 Å². The van der Waals surface area contributed by atoms with E-state index in [-0.39, 0.29) is 18.7 Å². The van der Waals surface area contributed by atoms with E-state index in [2.05, 4.69) is 5.32 Å². The summed E-state index contributed by atoms with van der Waals surface area (Å²) in [7, 11) is 0. The van der Waals surface area contributed by atoms with Crippen LogP contribution in [0.3, 0.4) is 0 Å². The zero-order valence-corrected chi connectivity index (χ0v) is 9.22. The fourth-order valence-electron chi connectivity index (χ4n) is 1.34. The van der Waals surface area contributed by atoms with Crippen LogP contribution in [0.4, 0.5) is 8.78 Å². The monoisotopic (exact) mass is 227 g/mol. The van der Waals surface area contributed by atoms with Crippen LogP contribution in [0.2, 0.25) is 0 Å². The van der Waals surface area contributed by atoms with Gasteiger partial charge in [0.05, 0.1) is 6.54 Å². The molecule has 0 atom stereocenters. The first-order valence-corrected chi connectivity index (χ1v) is 5.29. The Morgan fingerprint density at radius 3 is 2.69 bits per heavy atom. The third-order valence-electron chi connectivity index (χ3n) is 2.13. The van der Waals surface area contributed by atoms with Gasteiger partial charge in [0.15, 0.2) is 17.4 Å². The van der Waals surface area contributed by atoms with Crippen LogP contribution in [0.5, 0.6) is 0 Å². The molecule has 4 heteroatoms. The van der Waals surface area contributed by atoms with Gasteiger partial charge in [-0.05, 0) is 30.7 Å². The second-order valence-corrected chi connectivity index (χ2v) is 3.64. The Morgan fingerprint density at radius 1 is 1.31 bits per heavy atom. The number of Topliss-reactive ketones (excluding diaryl/α,β-unsaturated/α-hetero) is 1. The summed E-state index contributed by atoms with van der Waals surface area (Å²) < 4.78 is 25.4. The van der Waals surface area contributed by atoms with Crippen LogP contribution in [-0.2, 0) is 11.2 Å². The van der Waals surface area contributed by atoms with Crippen molar-refractivity contribution in [3.8, 4) is 0 Å². The van der Waals surface area contributed by atoms with E-state index >= 15 is 0 Å². The molecule has 1 N–H and O–H groups in total. The molecule has 1 aromatic carbocycles. The van der Waals surface area contributed by atoms with E-state index in [0.717, 1.165) is 25.1 Å². The van der Waals surface area contributed by atoms with Gasteiger partial charge >= 0.3 is 0 Å². The van der Waals surface area contributed by atoms with Crippen molar-refractivity contribution in [2.24, 2.45) is 0 Å². The fourth-order valence-corrected chi connectivity index (χ4v) is 1.34. The van der Waals surface area contributed by atoms with Crippen molar-refractivity contribution in [3.05, 3.63) is 35.4 Å². The highest BCUT2D eigenvalue weighted by atomic mass is 19.2. The number of carbonyl (C=O) groups is 1. The maximum atomic E-state index is 12.8. The van der Waals surface area contributed by atoms with E-state index in [0.29, 0.717) is 5.56 Å². The lowest BCUT2D eigenvalue weighted by atomic mass is 10.1. The molecule has 0 fully saturated rings. The SMILES string of the molecule is CCCNCC(=O)Cc1ccc(F)c(F)c1. The van der Waals surface area contributed by atoms with Gasteiger partial charge < -0.3 is 5.32 Å². The number of ketones is 1. The summed E-state index contributed by atoms with van der Waals surface area (Å²) in [5, 5.41) is 2.96. The smallest absolute Gasteiger partial charge is 0.159 e. The molecule has 0 spiro atoms. The molecule has 0 bridgehead atoms. The number of halogens is 2. The summed E-state index contributed by atoms with van der Waals surface area (Å²) >= 11 is 0. The molecule has 0 amide bonds. The summed E-state index contributed by atoms with van der Waals surface area (Å²) in [6.45, 7) is 3.06. The van der Waals surface area contributed by atoms with Crippen LogP contribution in [-0.4, -0.2) is 18.9 Å². The molecule has 0 aromatic heterocycles. The highest BCUT2D eigenvalue weighted by molar-refractivity contribution is 5.82. The van der Waals surface area contributed by atoms with E-state index < -0.39 is 11.6 Å². The van der Waals surface area contributed by atoms with E-state index in [4.69, 9.17) is 0 Å². The molecule has 1 rings (SSSR count). The second kappa shape index (κ2) is 6.33. The highest BCUT2D eigenvalue weighted by Gasteiger charge is 2.06. The van der Waals surface area contributed by atoms with Crippen molar-refractivity contribution in [2.75, 3.05) is 13.1 Å². The van der Waals surface area contributed by atoms with Gasteiger partial charge in [0.25, 0.3) is 0 Å². The molecule has 88 valence electrons. The third kappa shape index (κ3) is 4.06. The lowest BCUT2D eigenvalue weighted by Gasteiger charge is -2.03. The van der Waals surface area contributed by atoms with E-state index in [1.807, 2.05) is 6.92 Å². The topological polar surface area (TPSA) is 29.1 Å². The van der Waals surface area contributed by atoms with E-state index in [1.165, 1.54) is 6.07 Å². The van der Waals surface area contributed by atoms with Crippen molar-refractivity contribution in [1.29, 1.82) is 0 Å². The first kappa shape index (κ1) is 12.8. The maximum Gasteiger partial charge on any atom is 0.159 e. The predicted octanol–water partition coefficient (Wildman–Crippen LogP) is 2.08. The van der Waals surface area contributed by atoms with Gasteiger partial charge in [0.2, 0.25) is 0 Å². The molecule has 0 aliphatic rings. The number of benzene rings is 1. The third-order valence-corrected chi connectivity index (χ3v) is 2.13. The van der Waals surface area contributed by atoms with Gasteiger partial charge in [-0.3, -0.25) is 4.79 Å². The minimum atomic E-state index is -0.910. The van der Waals surface area contributed by atoms with Gasteiger partial charge in [-0.1, -0.05) is 13.0 Å². The molecule has 0 radical (unpaired) electrons.